The van der Waals surface area contributed by atoms with Gasteiger partial charge in [0.2, 0.25) is 0 Å². The van der Waals surface area contributed by atoms with E-state index in [-0.39, 0.29) is 0 Å². The highest BCUT2D eigenvalue weighted by Crippen LogP contribution is 2.29. The molecule has 3 fully saturated rings. The standard InChI is InChI=1S/C26H38N4O/c1-2-7-23(6-1)29-15-11-22(12-16-29)19-28(21-26-10-5-17-31-26)20-25-9-4-14-30(25)24-8-3-13-27-18-24/h3-4,8-9,13-14,18,22-23,26H,1-2,5-7,10-12,15-17,19-21H2. The second-order valence-electron chi connectivity index (χ2n) is 9.83. The van der Waals surface area contributed by atoms with Gasteiger partial charge in [-0.1, -0.05) is 12.8 Å². The van der Waals surface area contributed by atoms with Gasteiger partial charge in [0.15, 0.2) is 0 Å². The summed E-state index contributed by atoms with van der Waals surface area (Å²) in [6.45, 7) is 6.76. The molecule has 0 aromatic carbocycles. The number of likely N-dealkylation sites (tertiary alicyclic amines) is 1. The smallest absolute Gasteiger partial charge is 0.0702 e. The van der Waals surface area contributed by atoms with Crippen molar-refractivity contribution >= 4 is 0 Å². The van der Waals surface area contributed by atoms with Crippen molar-refractivity contribution in [3.63, 3.8) is 0 Å². The lowest BCUT2D eigenvalue weighted by Gasteiger charge is -2.38. The summed E-state index contributed by atoms with van der Waals surface area (Å²) < 4.78 is 8.31. The molecular weight excluding hydrogens is 384 g/mol. The number of aromatic nitrogens is 2. The summed E-state index contributed by atoms with van der Waals surface area (Å²) in [5, 5.41) is 0. The third kappa shape index (κ3) is 5.39. The van der Waals surface area contributed by atoms with E-state index >= 15 is 0 Å². The van der Waals surface area contributed by atoms with E-state index < -0.39 is 0 Å². The normalized spacial score (nSPS) is 23.8. The molecule has 2 saturated heterocycles. The van der Waals surface area contributed by atoms with Crippen LogP contribution in [0.2, 0.25) is 0 Å². The van der Waals surface area contributed by atoms with Crippen molar-refractivity contribution in [1.82, 2.24) is 19.4 Å². The van der Waals surface area contributed by atoms with E-state index in [1.807, 2.05) is 18.5 Å². The Balaban J connectivity index is 1.23. The van der Waals surface area contributed by atoms with E-state index in [1.165, 1.54) is 76.7 Å². The van der Waals surface area contributed by atoms with E-state index in [2.05, 4.69) is 43.7 Å². The minimum atomic E-state index is 0.403. The van der Waals surface area contributed by atoms with E-state index in [9.17, 15) is 0 Å². The molecule has 0 bridgehead atoms. The fraction of sp³-hybridized carbons (Fsp3) is 0.654. The largest absolute Gasteiger partial charge is 0.377 e. The van der Waals surface area contributed by atoms with E-state index in [4.69, 9.17) is 4.74 Å². The van der Waals surface area contributed by atoms with Gasteiger partial charge in [0, 0.05) is 50.4 Å². The van der Waals surface area contributed by atoms with Gasteiger partial charge in [-0.3, -0.25) is 9.88 Å². The highest BCUT2D eigenvalue weighted by molar-refractivity contribution is 5.32. The first-order valence-corrected chi connectivity index (χ1v) is 12.5. The maximum Gasteiger partial charge on any atom is 0.0702 e. The van der Waals surface area contributed by atoms with Crippen LogP contribution in [0.15, 0.2) is 42.9 Å². The minimum Gasteiger partial charge on any atom is -0.377 e. The van der Waals surface area contributed by atoms with Crippen molar-refractivity contribution in [3.05, 3.63) is 48.5 Å². The highest BCUT2D eigenvalue weighted by Gasteiger charge is 2.29. The lowest BCUT2D eigenvalue weighted by Crippen LogP contribution is -2.43. The molecule has 2 aromatic rings. The molecule has 0 radical (unpaired) electrons. The van der Waals surface area contributed by atoms with Crippen LogP contribution in [0.5, 0.6) is 0 Å². The molecule has 4 heterocycles. The van der Waals surface area contributed by atoms with Gasteiger partial charge in [-0.2, -0.15) is 0 Å². The third-order valence-electron chi connectivity index (χ3n) is 7.64. The number of piperidine rings is 1. The SMILES string of the molecule is c1cncc(-n2cccc2CN(CC2CCN(C3CCCC3)CC2)CC2CCCO2)c1. The lowest BCUT2D eigenvalue weighted by atomic mass is 9.94. The van der Waals surface area contributed by atoms with Crippen LogP contribution in [-0.2, 0) is 11.3 Å². The molecule has 5 rings (SSSR count). The summed E-state index contributed by atoms with van der Waals surface area (Å²) in [5.41, 5.74) is 2.49. The summed E-state index contributed by atoms with van der Waals surface area (Å²) in [6.07, 6.45) is 17.2. The topological polar surface area (TPSA) is 33.5 Å². The van der Waals surface area contributed by atoms with Crippen molar-refractivity contribution < 1.29 is 4.74 Å². The van der Waals surface area contributed by atoms with Crippen molar-refractivity contribution in [2.75, 3.05) is 32.8 Å². The second-order valence-corrected chi connectivity index (χ2v) is 9.83. The quantitative estimate of drug-likeness (QED) is 0.627. The van der Waals surface area contributed by atoms with Crippen molar-refractivity contribution in [2.45, 2.75) is 70.1 Å². The Hall–Kier alpha value is -1.69. The van der Waals surface area contributed by atoms with Crippen LogP contribution in [0.4, 0.5) is 0 Å². The zero-order valence-electron chi connectivity index (χ0n) is 18.9. The average molecular weight is 423 g/mol. The van der Waals surface area contributed by atoms with Crippen molar-refractivity contribution in [1.29, 1.82) is 0 Å². The van der Waals surface area contributed by atoms with Gasteiger partial charge in [-0.25, -0.2) is 0 Å². The summed E-state index contributed by atoms with van der Waals surface area (Å²) in [6, 6.07) is 9.46. The van der Waals surface area contributed by atoms with Gasteiger partial charge in [0.1, 0.15) is 0 Å². The predicted molar refractivity (Wildman–Crippen MR) is 124 cm³/mol. The van der Waals surface area contributed by atoms with E-state index in [0.717, 1.165) is 37.3 Å². The van der Waals surface area contributed by atoms with Crippen LogP contribution < -0.4 is 0 Å². The molecule has 2 aromatic heterocycles. The van der Waals surface area contributed by atoms with Crippen LogP contribution in [0.3, 0.4) is 0 Å². The van der Waals surface area contributed by atoms with Crippen LogP contribution in [0.25, 0.3) is 5.69 Å². The Morgan fingerprint density at radius 3 is 2.58 bits per heavy atom. The summed E-state index contributed by atoms with van der Waals surface area (Å²) >= 11 is 0. The Morgan fingerprint density at radius 2 is 1.84 bits per heavy atom. The maximum absolute atomic E-state index is 6.02. The van der Waals surface area contributed by atoms with Gasteiger partial charge in [-0.05, 0) is 81.8 Å². The van der Waals surface area contributed by atoms with Crippen molar-refractivity contribution in [2.24, 2.45) is 5.92 Å². The Bertz CT molecular complexity index is 787. The average Bonchev–Trinajstić information content (AvgIpc) is 3.58. The zero-order valence-corrected chi connectivity index (χ0v) is 18.9. The van der Waals surface area contributed by atoms with Gasteiger partial charge in [0.05, 0.1) is 18.0 Å². The van der Waals surface area contributed by atoms with Gasteiger partial charge in [0.25, 0.3) is 0 Å². The molecule has 31 heavy (non-hydrogen) atoms. The lowest BCUT2D eigenvalue weighted by molar-refractivity contribution is 0.0534. The number of hydrogen-bond donors (Lipinski definition) is 0. The van der Waals surface area contributed by atoms with Gasteiger partial charge in [-0.15, -0.1) is 0 Å². The maximum atomic E-state index is 6.02. The summed E-state index contributed by atoms with van der Waals surface area (Å²) in [7, 11) is 0. The number of rotatable bonds is 8. The predicted octanol–water partition coefficient (Wildman–Crippen LogP) is 4.51. The Kier molecular flexibility index (Phi) is 7.02. The molecule has 5 heteroatoms. The van der Waals surface area contributed by atoms with Gasteiger partial charge < -0.3 is 14.2 Å². The number of pyridine rings is 1. The first-order chi connectivity index (χ1) is 15.3. The highest BCUT2D eigenvalue weighted by atomic mass is 16.5. The molecule has 0 amide bonds. The summed E-state index contributed by atoms with van der Waals surface area (Å²) in [5.74, 6) is 0.806. The number of hydrogen-bond acceptors (Lipinski definition) is 4. The first kappa shape index (κ1) is 21.2. The monoisotopic (exact) mass is 422 g/mol. The molecule has 0 spiro atoms. The van der Waals surface area contributed by atoms with Crippen LogP contribution in [-0.4, -0.2) is 64.3 Å². The second kappa shape index (κ2) is 10.3. The molecule has 1 atom stereocenters. The molecule has 0 N–H and O–H groups in total. The van der Waals surface area contributed by atoms with E-state index in [0.29, 0.717) is 6.10 Å². The van der Waals surface area contributed by atoms with Crippen LogP contribution >= 0.6 is 0 Å². The zero-order chi connectivity index (χ0) is 20.9. The first-order valence-electron chi connectivity index (χ1n) is 12.5. The van der Waals surface area contributed by atoms with Crippen molar-refractivity contribution in [3.8, 4) is 5.69 Å². The van der Waals surface area contributed by atoms with Gasteiger partial charge >= 0.3 is 0 Å². The molecule has 5 nitrogen and oxygen atoms in total. The fourth-order valence-corrected chi connectivity index (χ4v) is 5.94. The number of ether oxygens (including phenoxy) is 1. The van der Waals surface area contributed by atoms with Crippen LogP contribution in [0, 0.1) is 5.92 Å². The fourth-order valence-electron chi connectivity index (χ4n) is 5.94. The Labute approximate surface area is 187 Å². The molecule has 1 saturated carbocycles. The minimum absolute atomic E-state index is 0.403. The van der Waals surface area contributed by atoms with E-state index in [1.54, 1.807) is 0 Å². The Morgan fingerprint density at radius 1 is 0.968 bits per heavy atom. The molecule has 2 aliphatic heterocycles. The third-order valence-corrected chi connectivity index (χ3v) is 7.64. The van der Waals surface area contributed by atoms with Crippen LogP contribution in [0.1, 0.15) is 57.1 Å². The number of nitrogens with zero attached hydrogens (tertiary/aromatic N) is 4. The molecular formula is C26H38N4O. The molecule has 1 unspecified atom stereocenters. The molecule has 1 aliphatic carbocycles. The summed E-state index contributed by atoms with van der Waals surface area (Å²) in [4.78, 5) is 9.79. The molecule has 168 valence electrons. The molecule has 3 aliphatic rings.